The summed E-state index contributed by atoms with van der Waals surface area (Å²) in [6, 6.07) is 3.12. The lowest BCUT2D eigenvalue weighted by Gasteiger charge is -2.13. The summed E-state index contributed by atoms with van der Waals surface area (Å²) < 4.78 is 4.93. The van der Waals surface area contributed by atoms with E-state index in [4.69, 9.17) is 4.74 Å². The molecule has 0 aromatic carbocycles. The molecule has 2 aromatic rings. The summed E-state index contributed by atoms with van der Waals surface area (Å²) in [6.07, 6.45) is 0. The van der Waals surface area contributed by atoms with Crippen LogP contribution in [0.3, 0.4) is 0 Å². The number of carbonyl (C=O) groups is 3. The number of amides is 2. The first-order valence-corrected chi connectivity index (χ1v) is 9.00. The van der Waals surface area contributed by atoms with E-state index >= 15 is 0 Å². The second-order valence-corrected chi connectivity index (χ2v) is 6.58. The molecule has 128 valence electrons. The molecule has 2 heterocycles. The molecule has 2 amide bonds. The first kappa shape index (κ1) is 18.1. The van der Waals surface area contributed by atoms with E-state index in [1.165, 1.54) is 22.7 Å². The van der Waals surface area contributed by atoms with Crippen LogP contribution >= 0.6 is 22.7 Å². The molecule has 0 bridgehead atoms. The Morgan fingerprint density at radius 1 is 1.33 bits per heavy atom. The summed E-state index contributed by atoms with van der Waals surface area (Å²) in [5.41, 5.74) is 0.160. The molecule has 0 saturated heterocycles. The van der Waals surface area contributed by atoms with E-state index in [1.54, 1.807) is 19.2 Å². The average Bonchev–Trinajstić information content (AvgIpc) is 3.23. The molecule has 7 nitrogen and oxygen atoms in total. The number of hydrogen-bond acceptors (Lipinski definition) is 7. The molecule has 0 spiro atoms. The lowest BCUT2D eigenvalue weighted by molar-refractivity contribution is -0.130. The van der Waals surface area contributed by atoms with E-state index in [0.29, 0.717) is 6.54 Å². The van der Waals surface area contributed by atoms with Gasteiger partial charge in [0.1, 0.15) is 11.0 Å². The topological polar surface area (TPSA) is 97.4 Å². The fourth-order valence-corrected chi connectivity index (χ4v) is 3.37. The number of rotatable bonds is 7. The number of nitrogens with one attached hydrogen (secondary N) is 2. The van der Waals surface area contributed by atoms with Crippen molar-refractivity contribution in [3.63, 3.8) is 0 Å². The summed E-state index contributed by atoms with van der Waals surface area (Å²) in [4.78, 5) is 40.3. The molecule has 0 unspecified atom stereocenters. The van der Waals surface area contributed by atoms with Gasteiger partial charge in [-0.15, -0.1) is 22.7 Å². The summed E-state index contributed by atoms with van der Waals surface area (Å²) in [5, 5.41) is 9.29. The van der Waals surface area contributed by atoms with Crippen LogP contribution in [0.1, 0.15) is 24.3 Å². The van der Waals surface area contributed by atoms with Gasteiger partial charge in [0, 0.05) is 11.9 Å². The molecule has 0 radical (unpaired) electrons. The summed E-state index contributed by atoms with van der Waals surface area (Å²) in [7, 11) is 0. The van der Waals surface area contributed by atoms with Crippen molar-refractivity contribution in [1.29, 1.82) is 0 Å². The van der Waals surface area contributed by atoms with Crippen molar-refractivity contribution in [3.8, 4) is 9.88 Å². The van der Waals surface area contributed by atoms with Crippen LogP contribution in [0.5, 0.6) is 0 Å². The van der Waals surface area contributed by atoms with Gasteiger partial charge in [-0.1, -0.05) is 6.07 Å². The minimum atomic E-state index is -0.694. The zero-order chi connectivity index (χ0) is 17.5. The summed E-state index contributed by atoms with van der Waals surface area (Å²) in [5.74, 6) is -1.51. The zero-order valence-electron chi connectivity index (χ0n) is 13.2. The number of thiophene rings is 1. The molecule has 2 N–H and O–H groups in total. The van der Waals surface area contributed by atoms with Gasteiger partial charge < -0.3 is 15.4 Å². The van der Waals surface area contributed by atoms with Gasteiger partial charge in [-0.3, -0.25) is 9.59 Å². The minimum Gasteiger partial charge on any atom is -0.451 e. The number of hydrogen-bond donors (Lipinski definition) is 2. The number of ether oxygens (including phenoxy) is 1. The second kappa shape index (κ2) is 8.55. The lowest BCUT2D eigenvalue weighted by Crippen LogP contribution is -2.46. The lowest BCUT2D eigenvalue weighted by atomic mass is 10.3. The quantitative estimate of drug-likeness (QED) is 0.726. The molecule has 24 heavy (non-hydrogen) atoms. The van der Waals surface area contributed by atoms with Crippen LogP contribution in [-0.2, 0) is 14.3 Å². The van der Waals surface area contributed by atoms with E-state index in [-0.39, 0.29) is 11.6 Å². The number of carbonyl (C=O) groups excluding carboxylic acids is 3. The monoisotopic (exact) mass is 367 g/mol. The molecule has 9 heteroatoms. The van der Waals surface area contributed by atoms with Gasteiger partial charge in [0.25, 0.3) is 5.91 Å². The molecule has 0 fully saturated rings. The maximum atomic E-state index is 11.9. The molecular weight excluding hydrogens is 350 g/mol. The van der Waals surface area contributed by atoms with Crippen LogP contribution < -0.4 is 10.6 Å². The second-order valence-electron chi connectivity index (χ2n) is 4.78. The SMILES string of the molecule is CCNC(=O)[C@H](C)NC(=O)COC(=O)c1csc(-c2cccs2)n1. The van der Waals surface area contributed by atoms with Crippen molar-refractivity contribution < 1.29 is 19.1 Å². The highest BCUT2D eigenvalue weighted by Gasteiger charge is 2.18. The molecule has 0 aliphatic heterocycles. The van der Waals surface area contributed by atoms with E-state index in [1.807, 2.05) is 17.5 Å². The number of aromatic nitrogens is 1. The number of likely N-dealkylation sites (N-methyl/N-ethyl adjacent to an activating group) is 1. The Bertz CT molecular complexity index is 712. The molecule has 0 aliphatic rings. The number of nitrogens with zero attached hydrogens (tertiary/aromatic N) is 1. The predicted octanol–water partition coefficient (Wildman–Crippen LogP) is 1.67. The minimum absolute atomic E-state index is 0.160. The van der Waals surface area contributed by atoms with Crippen molar-refractivity contribution in [2.24, 2.45) is 0 Å². The zero-order valence-corrected chi connectivity index (χ0v) is 14.8. The van der Waals surface area contributed by atoms with Gasteiger partial charge in [0.2, 0.25) is 5.91 Å². The maximum absolute atomic E-state index is 11.9. The standard InChI is InChI=1S/C15H17N3O4S2/c1-3-16-13(20)9(2)17-12(19)7-22-15(21)10-8-24-14(18-10)11-5-4-6-23-11/h4-6,8-9H,3,7H2,1-2H3,(H,16,20)(H,17,19)/t9-/m0/s1. The van der Waals surface area contributed by atoms with Crippen LogP contribution in [0.2, 0.25) is 0 Å². The van der Waals surface area contributed by atoms with Gasteiger partial charge in [0.15, 0.2) is 12.3 Å². The molecular formula is C15H17N3O4S2. The average molecular weight is 367 g/mol. The number of thiazole rings is 1. The van der Waals surface area contributed by atoms with Gasteiger partial charge in [-0.05, 0) is 25.3 Å². The molecule has 0 aliphatic carbocycles. The first-order valence-electron chi connectivity index (χ1n) is 7.24. The fraction of sp³-hybridized carbons (Fsp3) is 0.333. The van der Waals surface area contributed by atoms with E-state index < -0.39 is 24.5 Å². The highest BCUT2D eigenvalue weighted by Crippen LogP contribution is 2.27. The normalized spacial score (nSPS) is 11.6. The van der Waals surface area contributed by atoms with E-state index in [0.717, 1.165) is 9.88 Å². The van der Waals surface area contributed by atoms with Crippen LogP contribution in [-0.4, -0.2) is 42.0 Å². The Labute approximate surface area is 147 Å². The van der Waals surface area contributed by atoms with Crippen LogP contribution in [0.25, 0.3) is 9.88 Å². The van der Waals surface area contributed by atoms with E-state index in [9.17, 15) is 14.4 Å². The van der Waals surface area contributed by atoms with Crippen molar-refractivity contribution in [3.05, 3.63) is 28.6 Å². The maximum Gasteiger partial charge on any atom is 0.358 e. The van der Waals surface area contributed by atoms with Crippen molar-refractivity contribution >= 4 is 40.5 Å². The Hall–Kier alpha value is -2.26. The first-order chi connectivity index (χ1) is 11.5. The van der Waals surface area contributed by atoms with Crippen LogP contribution in [0.15, 0.2) is 22.9 Å². The molecule has 2 rings (SSSR count). The molecule has 0 saturated carbocycles. The van der Waals surface area contributed by atoms with Crippen molar-refractivity contribution in [2.75, 3.05) is 13.2 Å². The predicted molar refractivity (Wildman–Crippen MR) is 92.0 cm³/mol. The Kier molecular flexibility index (Phi) is 6.44. The fourth-order valence-electron chi connectivity index (χ4n) is 1.76. The summed E-state index contributed by atoms with van der Waals surface area (Å²) >= 11 is 2.86. The largest absolute Gasteiger partial charge is 0.451 e. The van der Waals surface area contributed by atoms with Gasteiger partial charge in [-0.25, -0.2) is 9.78 Å². The van der Waals surface area contributed by atoms with Gasteiger partial charge in [0.05, 0.1) is 4.88 Å². The van der Waals surface area contributed by atoms with Crippen molar-refractivity contribution in [1.82, 2.24) is 15.6 Å². The number of esters is 1. The third-order valence-electron chi connectivity index (χ3n) is 2.90. The third kappa shape index (κ3) is 4.87. The smallest absolute Gasteiger partial charge is 0.358 e. The van der Waals surface area contributed by atoms with Gasteiger partial charge >= 0.3 is 5.97 Å². The van der Waals surface area contributed by atoms with Crippen LogP contribution in [0.4, 0.5) is 0 Å². The molecule has 1 atom stereocenters. The molecule has 2 aromatic heterocycles. The summed E-state index contributed by atoms with van der Waals surface area (Å²) in [6.45, 7) is 3.35. The van der Waals surface area contributed by atoms with Crippen molar-refractivity contribution in [2.45, 2.75) is 19.9 Å². The highest BCUT2D eigenvalue weighted by molar-refractivity contribution is 7.20. The Balaban J connectivity index is 1.82. The third-order valence-corrected chi connectivity index (χ3v) is 4.78. The Morgan fingerprint density at radius 3 is 2.79 bits per heavy atom. The van der Waals surface area contributed by atoms with Gasteiger partial charge in [-0.2, -0.15) is 0 Å². The van der Waals surface area contributed by atoms with E-state index in [2.05, 4.69) is 15.6 Å². The Morgan fingerprint density at radius 2 is 2.12 bits per heavy atom. The highest BCUT2D eigenvalue weighted by atomic mass is 32.1. The van der Waals surface area contributed by atoms with Crippen LogP contribution in [0, 0.1) is 0 Å².